The largest absolute Gasteiger partial charge is 0.476 e. The van der Waals surface area contributed by atoms with E-state index < -0.39 is 5.97 Å². The van der Waals surface area contributed by atoms with Gasteiger partial charge in [-0.2, -0.15) is 5.10 Å². The number of amides is 1. The third-order valence-corrected chi connectivity index (χ3v) is 6.67. The molecule has 3 N–H and O–H groups in total. The first-order valence-corrected chi connectivity index (χ1v) is 9.82. The van der Waals surface area contributed by atoms with Gasteiger partial charge in [-0.25, -0.2) is 9.31 Å². The second kappa shape index (κ2) is 6.37. The van der Waals surface area contributed by atoms with Gasteiger partial charge >= 0.3 is 5.97 Å². The van der Waals surface area contributed by atoms with Crippen LogP contribution in [0, 0.1) is 23.2 Å². The van der Waals surface area contributed by atoms with E-state index in [2.05, 4.69) is 21.0 Å². The van der Waals surface area contributed by atoms with Crippen LogP contribution in [0.4, 0.5) is 0 Å². The number of pyridine rings is 1. The average molecular weight is 420 g/mol. The van der Waals surface area contributed by atoms with Gasteiger partial charge in [-0.3, -0.25) is 4.79 Å². The van der Waals surface area contributed by atoms with Gasteiger partial charge in [-0.15, -0.1) is 0 Å². The van der Waals surface area contributed by atoms with Crippen LogP contribution in [-0.4, -0.2) is 26.6 Å². The van der Waals surface area contributed by atoms with E-state index in [1.165, 1.54) is 29.8 Å². The first kappa shape index (κ1) is 17.5. The van der Waals surface area contributed by atoms with E-state index in [-0.39, 0.29) is 17.0 Å². The summed E-state index contributed by atoms with van der Waals surface area (Å²) in [6, 6.07) is 5.15. The Morgan fingerprint density at radius 2 is 1.73 bits per heavy atom. The molecule has 0 radical (unpaired) electrons. The molecule has 1 amide bonds. The van der Waals surface area contributed by atoms with E-state index in [1.807, 2.05) is 6.07 Å². The fourth-order valence-corrected chi connectivity index (χ4v) is 5.80. The van der Waals surface area contributed by atoms with E-state index >= 15 is 0 Å². The zero-order valence-corrected chi connectivity index (χ0v) is 16.0. The summed E-state index contributed by atoms with van der Waals surface area (Å²) in [7, 11) is 0. The zero-order valence-electron chi connectivity index (χ0n) is 14.4. The van der Waals surface area contributed by atoms with Crippen LogP contribution >= 0.6 is 15.9 Å². The summed E-state index contributed by atoms with van der Waals surface area (Å²) >= 11 is 3.27. The number of halogens is 1. The Balaban J connectivity index is 0.000000129. The summed E-state index contributed by atoms with van der Waals surface area (Å²) in [5.74, 6) is 1.47. The van der Waals surface area contributed by atoms with Crippen LogP contribution in [0.3, 0.4) is 0 Å². The molecule has 4 fully saturated rings. The lowest BCUT2D eigenvalue weighted by Gasteiger charge is -2.55. The molecule has 4 aliphatic carbocycles. The predicted molar refractivity (Wildman–Crippen MR) is 99.7 cm³/mol. The smallest absolute Gasteiger partial charge is 0.356 e. The van der Waals surface area contributed by atoms with E-state index in [0.717, 1.165) is 47.0 Å². The summed E-state index contributed by atoms with van der Waals surface area (Å²) in [4.78, 5) is 22.0. The Bertz CT molecular complexity index is 841. The summed E-state index contributed by atoms with van der Waals surface area (Å²) in [5.41, 5.74) is 6.31. The Morgan fingerprint density at radius 1 is 1.15 bits per heavy atom. The Morgan fingerprint density at radius 3 is 2.23 bits per heavy atom. The highest BCUT2D eigenvalue weighted by Crippen LogP contribution is 2.59. The van der Waals surface area contributed by atoms with Crippen molar-refractivity contribution >= 4 is 33.3 Å². The van der Waals surface area contributed by atoms with E-state index in [4.69, 9.17) is 10.8 Å². The molecule has 0 spiro atoms. The molecule has 4 bridgehead atoms. The molecule has 0 unspecified atom stereocenters. The molecule has 4 aliphatic rings. The van der Waals surface area contributed by atoms with Gasteiger partial charge in [0.25, 0.3) is 0 Å². The number of hydrogen-bond donors (Lipinski definition) is 2. The van der Waals surface area contributed by atoms with Gasteiger partial charge in [0.05, 0.1) is 5.52 Å². The molecule has 26 heavy (non-hydrogen) atoms. The lowest BCUT2D eigenvalue weighted by Crippen LogP contribution is -2.52. The lowest BCUT2D eigenvalue weighted by atomic mass is 9.49. The normalized spacial score (nSPS) is 31.5. The van der Waals surface area contributed by atoms with Crippen LogP contribution in [0.1, 0.15) is 49.0 Å². The monoisotopic (exact) mass is 419 g/mol. The topological polar surface area (TPSA) is 97.7 Å². The number of carbonyl (C=O) groups excluding carboxylic acids is 1. The molecule has 0 aliphatic heterocycles. The van der Waals surface area contributed by atoms with Crippen LogP contribution in [0.25, 0.3) is 5.52 Å². The molecule has 6 nitrogen and oxygen atoms in total. The van der Waals surface area contributed by atoms with Gasteiger partial charge in [0, 0.05) is 16.1 Å². The van der Waals surface area contributed by atoms with Gasteiger partial charge < -0.3 is 10.8 Å². The number of nitrogens with zero attached hydrogens (tertiary/aromatic N) is 2. The maximum absolute atomic E-state index is 11.5. The Hall–Kier alpha value is -1.89. The van der Waals surface area contributed by atoms with Crippen molar-refractivity contribution in [3.63, 3.8) is 0 Å². The number of primary amides is 1. The number of rotatable bonds is 2. The molecule has 2 heterocycles. The fourth-order valence-electron chi connectivity index (χ4n) is 5.48. The highest BCUT2D eigenvalue weighted by atomic mass is 79.9. The van der Waals surface area contributed by atoms with Crippen molar-refractivity contribution < 1.29 is 14.7 Å². The van der Waals surface area contributed by atoms with Crippen molar-refractivity contribution in [1.82, 2.24) is 9.61 Å². The first-order chi connectivity index (χ1) is 12.3. The molecular weight excluding hydrogens is 398 g/mol. The van der Waals surface area contributed by atoms with Crippen molar-refractivity contribution in [2.24, 2.45) is 28.9 Å². The van der Waals surface area contributed by atoms with Crippen LogP contribution in [0.2, 0.25) is 0 Å². The van der Waals surface area contributed by atoms with Crippen molar-refractivity contribution in [2.75, 3.05) is 0 Å². The molecule has 4 saturated carbocycles. The fraction of sp³-hybridized carbons (Fsp3) is 0.526. The van der Waals surface area contributed by atoms with Gasteiger partial charge in [-0.05, 0) is 90.4 Å². The number of fused-ring (bicyclic) bond motifs is 1. The molecule has 0 saturated heterocycles. The average Bonchev–Trinajstić information content (AvgIpc) is 2.97. The van der Waals surface area contributed by atoms with Crippen LogP contribution in [-0.2, 0) is 4.79 Å². The quantitative estimate of drug-likeness (QED) is 0.777. The van der Waals surface area contributed by atoms with Gasteiger partial charge in [0.2, 0.25) is 5.91 Å². The van der Waals surface area contributed by atoms with Crippen molar-refractivity contribution in [1.29, 1.82) is 0 Å². The summed E-state index contributed by atoms with van der Waals surface area (Å²) in [5, 5.41) is 12.5. The van der Waals surface area contributed by atoms with Crippen LogP contribution < -0.4 is 5.73 Å². The Labute approximate surface area is 159 Å². The summed E-state index contributed by atoms with van der Waals surface area (Å²) in [6.45, 7) is 0. The number of nitrogens with two attached hydrogens (primary N) is 1. The maximum atomic E-state index is 11.5. The van der Waals surface area contributed by atoms with Crippen molar-refractivity contribution in [3.05, 3.63) is 34.6 Å². The third-order valence-electron chi connectivity index (χ3n) is 6.20. The standard InChI is InChI=1S/C11H17NO.C8H5BrN2O2/c12-10(13)11-4-7-1-8(5-11)3-9(2-7)6-11;9-5-1-2-6-3-7(8(12)13)10-11(6)4-5/h7-9H,1-6H2,(H2,12,13);1-4H,(H,12,13). The van der Waals surface area contributed by atoms with E-state index in [1.54, 1.807) is 12.3 Å². The molecule has 7 heteroatoms. The number of carboxylic acid groups (broad SMARTS) is 1. The number of carbonyl (C=O) groups is 2. The highest BCUT2D eigenvalue weighted by molar-refractivity contribution is 9.10. The van der Waals surface area contributed by atoms with Crippen molar-refractivity contribution in [2.45, 2.75) is 38.5 Å². The third kappa shape index (κ3) is 3.13. The lowest BCUT2D eigenvalue weighted by molar-refractivity contribution is -0.142. The maximum Gasteiger partial charge on any atom is 0.356 e. The van der Waals surface area contributed by atoms with Crippen LogP contribution in [0.5, 0.6) is 0 Å². The van der Waals surface area contributed by atoms with Crippen molar-refractivity contribution in [3.8, 4) is 0 Å². The number of carboxylic acids is 1. The molecule has 0 aromatic carbocycles. The van der Waals surface area contributed by atoms with Crippen LogP contribution in [0.15, 0.2) is 28.9 Å². The predicted octanol–water partition coefficient (Wildman–Crippen LogP) is 3.48. The minimum Gasteiger partial charge on any atom is -0.476 e. The molecule has 0 atom stereocenters. The van der Waals surface area contributed by atoms with E-state index in [0.29, 0.717) is 0 Å². The van der Waals surface area contributed by atoms with E-state index in [9.17, 15) is 9.59 Å². The SMILES string of the molecule is NC(=O)C12CC3CC(CC(C3)C1)C2.O=C(O)c1cc2ccc(Br)cn2n1. The minimum atomic E-state index is -1.01. The molecule has 2 aromatic rings. The van der Waals surface area contributed by atoms with Gasteiger partial charge in [0.1, 0.15) is 0 Å². The zero-order chi connectivity index (χ0) is 18.5. The van der Waals surface area contributed by atoms with Gasteiger partial charge in [0.15, 0.2) is 5.69 Å². The second-order valence-electron chi connectivity index (χ2n) is 8.11. The van der Waals surface area contributed by atoms with Gasteiger partial charge in [-0.1, -0.05) is 0 Å². The first-order valence-electron chi connectivity index (χ1n) is 9.03. The summed E-state index contributed by atoms with van der Waals surface area (Å²) in [6.07, 6.45) is 9.17. The molecule has 6 rings (SSSR count). The number of aromatic nitrogens is 2. The molecule has 138 valence electrons. The molecule has 2 aromatic heterocycles. The number of hydrogen-bond acceptors (Lipinski definition) is 3. The molecular formula is C19H22BrN3O3. The minimum absolute atomic E-state index is 0.00778. The second-order valence-corrected chi connectivity index (χ2v) is 9.03. The Kier molecular flexibility index (Phi) is 4.29. The summed E-state index contributed by atoms with van der Waals surface area (Å²) < 4.78 is 2.38. The number of aromatic carboxylic acids is 1. The highest BCUT2D eigenvalue weighted by Gasteiger charge is 2.53.